The maximum absolute atomic E-state index is 11.0. The number of primary amides is 1. The lowest BCUT2D eigenvalue weighted by molar-refractivity contribution is 0.1000. The normalized spacial score (nSPS) is 10.8. The lowest BCUT2D eigenvalue weighted by Gasteiger charge is -2.06. The first-order chi connectivity index (χ1) is 9.24. The van der Waals surface area contributed by atoms with E-state index < -0.39 is 5.91 Å². The molecule has 0 fully saturated rings. The summed E-state index contributed by atoms with van der Waals surface area (Å²) in [6.45, 7) is 2.82. The third-order valence-electron chi connectivity index (χ3n) is 2.80. The number of carbonyl (C=O) groups is 1. The molecule has 0 atom stereocenters. The molecule has 1 aromatic rings. The van der Waals surface area contributed by atoms with Gasteiger partial charge in [-0.2, -0.15) is 0 Å². The second-order valence-corrected chi connectivity index (χ2v) is 4.47. The van der Waals surface area contributed by atoms with Crippen LogP contribution in [0, 0.1) is 0 Å². The average molecular weight is 261 g/mol. The SMILES string of the molecule is CC/C=C\CCCCCOc1cccc(C(N)=O)c1. The average Bonchev–Trinajstić information content (AvgIpc) is 2.42. The maximum atomic E-state index is 11.0. The van der Waals surface area contributed by atoms with E-state index in [0.717, 1.165) is 25.7 Å². The van der Waals surface area contributed by atoms with E-state index in [4.69, 9.17) is 10.5 Å². The molecule has 2 N–H and O–H groups in total. The zero-order valence-corrected chi connectivity index (χ0v) is 11.6. The Hall–Kier alpha value is -1.77. The molecule has 0 saturated carbocycles. The molecule has 19 heavy (non-hydrogen) atoms. The molecule has 0 unspecified atom stereocenters. The number of nitrogens with two attached hydrogens (primary N) is 1. The van der Waals surface area contributed by atoms with Gasteiger partial charge in [0.25, 0.3) is 0 Å². The van der Waals surface area contributed by atoms with Crippen LogP contribution in [-0.4, -0.2) is 12.5 Å². The highest BCUT2D eigenvalue weighted by Gasteiger charge is 2.01. The molecule has 0 heterocycles. The van der Waals surface area contributed by atoms with Crippen LogP contribution in [0.3, 0.4) is 0 Å². The quantitative estimate of drug-likeness (QED) is 0.544. The Bertz CT molecular complexity index is 413. The summed E-state index contributed by atoms with van der Waals surface area (Å²) in [7, 11) is 0. The lowest BCUT2D eigenvalue weighted by atomic mass is 10.2. The van der Waals surface area contributed by atoms with Gasteiger partial charge in [-0.25, -0.2) is 0 Å². The van der Waals surface area contributed by atoms with Gasteiger partial charge in [-0.1, -0.05) is 25.1 Å². The van der Waals surface area contributed by atoms with E-state index in [2.05, 4.69) is 19.1 Å². The first-order valence-corrected chi connectivity index (χ1v) is 6.91. The Labute approximate surface area is 115 Å². The van der Waals surface area contributed by atoms with E-state index in [1.165, 1.54) is 6.42 Å². The van der Waals surface area contributed by atoms with Crippen molar-refractivity contribution < 1.29 is 9.53 Å². The van der Waals surface area contributed by atoms with Crippen molar-refractivity contribution in [3.05, 3.63) is 42.0 Å². The van der Waals surface area contributed by atoms with Crippen molar-refractivity contribution in [2.75, 3.05) is 6.61 Å². The van der Waals surface area contributed by atoms with Crippen molar-refractivity contribution in [1.82, 2.24) is 0 Å². The Morgan fingerprint density at radius 1 is 1.26 bits per heavy atom. The van der Waals surface area contributed by atoms with Gasteiger partial charge in [-0.15, -0.1) is 0 Å². The fourth-order valence-electron chi connectivity index (χ4n) is 1.75. The van der Waals surface area contributed by atoms with Gasteiger partial charge in [-0.3, -0.25) is 4.79 Å². The molecule has 1 aromatic carbocycles. The summed E-state index contributed by atoms with van der Waals surface area (Å²) in [6, 6.07) is 7.00. The van der Waals surface area contributed by atoms with Crippen LogP contribution < -0.4 is 10.5 Å². The molecule has 0 bridgehead atoms. The van der Waals surface area contributed by atoms with Crippen LogP contribution in [-0.2, 0) is 0 Å². The summed E-state index contributed by atoms with van der Waals surface area (Å²) < 4.78 is 5.60. The summed E-state index contributed by atoms with van der Waals surface area (Å²) in [5.74, 6) is 0.287. The lowest BCUT2D eigenvalue weighted by Crippen LogP contribution is -2.10. The number of allylic oxidation sites excluding steroid dienone is 2. The van der Waals surface area contributed by atoms with Gasteiger partial charge in [-0.05, 0) is 50.3 Å². The molecule has 3 nitrogen and oxygen atoms in total. The number of hydrogen-bond acceptors (Lipinski definition) is 2. The molecule has 0 aliphatic carbocycles. The molecule has 3 heteroatoms. The van der Waals surface area contributed by atoms with E-state index in [-0.39, 0.29) is 0 Å². The number of ether oxygens (including phenoxy) is 1. The summed E-state index contributed by atoms with van der Waals surface area (Å²) in [4.78, 5) is 11.0. The molecule has 0 aromatic heterocycles. The van der Waals surface area contributed by atoms with Gasteiger partial charge in [0, 0.05) is 5.56 Å². The highest BCUT2D eigenvalue weighted by atomic mass is 16.5. The number of unbranched alkanes of at least 4 members (excludes halogenated alkanes) is 3. The molecule has 1 rings (SSSR count). The first-order valence-electron chi connectivity index (χ1n) is 6.91. The van der Waals surface area contributed by atoms with Crippen LogP contribution >= 0.6 is 0 Å². The Morgan fingerprint density at radius 3 is 2.84 bits per heavy atom. The molecule has 1 amide bonds. The smallest absolute Gasteiger partial charge is 0.248 e. The number of rotatable bonds is 9. The fraction of sp³-hybridized carbons (Fsp3) is 0.438. The third kappa shape index (κ3) is 6.65. The van der Waals surface area contributed by atoms with E-state index in [9.17, 15) is 4.79 Å². The monoisotopic (exact) mass is 261 g/mol. The predicted octanol–water partition coefficient (Wildman–Crippen LogP) is 3.69. The highest BCUT2D eigenvalue weighted by molar-refractivity contribution is 5.93. The predicted molar refractivity (Wildman–Crippen MR) is 78.4 cm³/mol. The molecule has 0 radical (unpaired) electrons. The zero-order valence-electron chi connectivity index (χ0n) is 11.6. The summed E-state index contributed by atoms with van der Waals surface area (Å²) in [6.07, 6.45) is 10.1. The topological polar surface area (TPSA) is 52.3 Å². The standard InChI is InChI=1S/C16H23NO2/c1-2-3-4-5-6-7-8-12-19-15-11-9-10-14(13-15)16(17)18/h3-4,9-11,13H,2,5-8,12H2,1H3,(H2,17,18)/b4-3-. The molecule has 0 aliphatic rings. The van der Waals surface area contributed by atoms with Crippen molar-refractivity contribution in [1.29, 1.82) is 0 Å². The molecular formula is C16H23NO2. The van der Waals surface area contributed by atoms with E-state index in [1.54, 1.807) is 18.2 Å². The summed E-state index contributed by atoms with van der Waals surface area (Å²) in [5.41, 5.74) is 5.70. The zero-order chi connectivity index (χ0) is 13.9. The van der Waals surface area contributed by atoms with Gasteiger partial charge in [0.2, 0.25) is 5.91 Å². The third-order valence-corrected chi connectivity index (χ3v) is 2.80. The summed E-state index contributed by atoms with van der Waals surface area (Å²) >= 11 is 0. The second kappa shape index (κ2) is 9.20. The molecule has 104 valence electrons. The van der Waals surface area contributed by atoms with Crippen molar-refractivity contribution in [2.45, 2.75) is 39.0 Å². The highest BCUT2D eigenvalue weighted by Crippen LogP contribution is 2.13. The first kappa shape index (κ1) is 15.3. The van der Waals surface area contributed by atoms with Gasteiger partial charge in [0.05, 0.1) is 6.61 Å². The van der Waals surface area contributed by atoms with Crippen molar-refractivity contribution in [3.63, 3.8) is 0 Å². The minimum Gasteiger partial charge on any atom is -0.494 e. The Balaban J connectivity index is 2.17. The Morgan fingerprint density at radius 2 is 2.11 bits per heavy atom. The molecular weight excluding hydrogens is 238 g/mol. The second-order valence-electron chi connectivity index (χ2n) is 4.47. The number of carbonyl (C=O) groups excluding carboxylic acids is 1. The van der Waals surface area contributed by atoms with Crippen LogP contribution in [0.5, 0.6) is 5.75 Å². The largest absolute Gasteiger partial charge is 0.494 e. The number of benzene rings is 1. The van der Waals surface area contributed by atoms with Crippen LogP contribution in [0.1, 0.15) is 49.4 Å². The van der Waals surface area contributed by atoms with Gasteiger partial charge in [0.15, 0.2) is 0 Å². The molecule has 0 saturated heterocycles. The molecule has 0 spiro atoms. The maximum Gasteiger partial charge on any atom is 0.248 e. The fourth-order valence-corrected chi connectivity index (χ4v) is 1.75. The minimum absolute atomic E-state index is 0.423. The van der Waals surface area contributed by atoms with E-state index in [0.29, 0.717) is 17.9 Å². The number of hydrogen-bond donors (Lipinski definition) is 1. The number of amides is 1. The summed E-state index contributed by atoms with van der Waals surface area (Å²) in [5, 5.41) is 0. The van der Waals surface area contributed by atoms with Crippen LogP contribution in [0.25, 0.3) is 0 Å². The van der Waals surface area contributed by atoms with Crippen molar-refractivity contribution in [2.24, 2.45) is 5.73 Å². The van der Waals surface area contributed by atoms with Crippen molar-refractivity contribution in [3.8, 4) is 5.75 Å². The van der Waals surface area contributed by atoms with Crippen LogP contribution in [0.2, 0.25) is 0 Å². The van der Waals surface area contributed by atoms with E-state index >= 15 is 0 Å². The van der Waals surface area contributed by atoms with Crippen LogP contribution in [0.4, 0.5) is 0 Å². The van der Waals surface area contributed by atoms with Crippen LogP contribution in [0.15, 0.2) is 36.4 Å². The van der Waals surface area contributed by atoms with Gasteiger partial charge >= 0.3 is 0 Å². The Kier molecular flexibility index (Phi) is 7.40. The molecule has 0 aliphatic heterocycles. The van der Waals surface area contributed by atoms with E-state index in [1.807, 2.05) is 6.07 Å². The van der Waals surface area contributed by atoms with Crippen molar-refractivity contribution >= 4 is 5.91 Å². The minimum atomic E-state index is -0.423. The van der Waals surface area contributed by atoms with Gasteiger partial charge in [0.1, 0.15) is 5.75 Å². The van der Waals surface area contributed by atoms with Gasteiger partial charge < -0.3 is 10.5 Å².